The second kappa shape index (κ2) is 3.90. The van der Waals surface area contributed by atoms with Crippen molar-refractivity contribution in [1.29, 1.82) is 0 Å². The van der Waals surface area contributed by atoms with Gasteiger partial charge in [0.05, 0.1) is 12.7 Å². The van der Waals surface area contributed by atoms with E-state index in [1.807, 2.05) is 0 Å². The van der Waals surface area contributed by atoms with Gasteiger partial charge < -0.3 is 10.5 Å². The molecule has 0 amide bonds. The van der Waals surface area contributed by atoms with E-state index in [9.17, 15) is 0 Å². The number of nitrogens with two attached hydrogens (primary N) is 1. The first-order chi connectivity index (χ1) is 6.42. The van der Waals surface area contributed by atoms with Gasteiger partial charge in [0.1, 0.15) is 0 Å². The van der Waals surface area contributed by atoms with Crippen LogP contribution in [0.4, 0.5) is 0 Å². The van der Waals surface area contributed by atoms with Crippen LogP contribution in [0.1, 0.15) is 23.7 Å². The van der Waals surface area contributed by atoms with Crippen molar-refractivity contribution in [3.05, 3.63) is 35.4 Å². The summed E-state index contributed by atoms with van der Waals surface area (Å²) in [7, 11) is 0. The number of fused-ring (bicyclic) bond motifs is 1. The quantitative estimate of drug-likeness (QED) is 0.762. The molecule has 0 spiro atoms. The zero-order chi connectivity index (χ0) is 9.10. The van der Waals surface area contributed by atoms with Crippen molar-refractivity contribution in [2.24, 2.45) is 5.73 Å². The maximum absolute atomic E-state index is 5.65. The minimum Gasteiger partial charge on any atom is -0.372 e. The fourth-order valence-electron chi connectivity index (χ4n) is 1.90. The van der Waals surface area contributed by atoms with E-state index < -0.39 is 0 Å². The van der Waals surface area contributed by atoms with Crippen LogP contribution in [0, 0.1) is 0 Å². The molecule has 0 aliphatic heterocycles. The molecular formula is C11H15NO. The Morgan fingerprint density at radius 3 is 3.08 bits per heavy atom. The summed E-state index contributed by atoms with van der Waals surface area (Å²) in [5, 5.41) is 0. The summed E-state index contributed by atoms with van der Waals surface area (Å²) in [6.45, 7) is 1.28. The van der Waals surface area contributed by atoms with E-state index in [0.717, 1.165) is 12.8 Å². The highest BCUT2D eigenvalue weighted by molar-refractivity contribution is 5.33. The molecule has 1 aliphatic rings. The Morgan fingerprint density at radius 1 is 1.38 bits per heavy atom. The van der Waals surface area contributed by atoms with Gasteiger partial charge in [-0.1, -0.05) is 24.3 Å². The van der Waals surface area contributed by atoms with E-state index in [1.165, 1.54) is 11.1 Å². The second-order valence-corrected chi connectivity index (χ2v) is 3.39. The van der Waals surface area contributed by atoms with Crippen molar-refractivity contribution in [2.75, 3.05) is 13.2 Å². The minimum atomic E-state index is 0.291. The molecule has 70 valence electrons. The molecule has 1 aliphatic carbocycles. The van der Waals surface area contributed by atoms with Gasteiger partial charge in [0, 0.05) is 6.54 Å². The predicted molar refractivity (Wildman–Crippen MR) is 52.5 cm³/mol. The van der Waals surface area contributed by atoms with Crippen LogP contribution in [0.25, 0.3) is 0 Å². The van der Waals surface area contributed by atoms with Crippen LogP contribution >= 0.6 is 0 Å². The molecule has 0 bridgehead atoms. The minimum absolute atomic E-state index is 0.291. The molecule has 2 N–H and O–H groups in total. The predicted octanol–water partition coefficient (Wildman–Crippen LogP) is 1.65. The smallest absolute Gasteiger partial charge is 0.0831 e. The molecule has 0 aromatic heterocycles. The summed E-state index contributed by atoms with van der Waals surface area (Å²) in [6, 6.07) is 8.50. The van der Waals surface area contributed by atoms with Gasteiger partial charge in [0.25, 0.3) is 0 Å². The monoisotopic (exact) mass is 177 g/mol. The standard InChI is InChI=1S/C11H15NO/c12-7-8-13-11-6-5-9-3-1-2-4-10(9)11/h1-4,11H,5-8,12H2. The molecule has 2 heteroatoms. The van der Waals surface area contributed by atoms with E-state index in [4.69, 9.17) is 10.5 Å². The van der Waals surface area contributed by atoms with Gasteiger partial charge in [0.15, 0.2) is 0 Å². The first-order valence-corrected chi connectivity index (χ1v) is 4.81. The van der Waals surface area contributed by atoms with E-state index in [1.54, 1.807) is 0 Å². The molecule has 0 saturated carbocycles. The van der Waals surface area contributed by atoms with E-state index in [-0.39, 0.29) is 0 Å². The van der Waals surface area contributed by atoms with Gasteiger partial charge in [-0.2, -0.15) is 0 Å². The fraction of sp³-hybridized carbons (Fsp3) is 0.455. The van der Waals surface area contributed by atoms with Crippen molar-refractivity contribution in [1.82, 2.24) is 0 Å². The van der Waals surface area contributed by atoms with E-state index >= 15 is 0 Å². The first kappa shape index (κ1) is 8.73. The number of hydrogen-bond donors (Lipinski definition) is 1. The van der Waals surface area contributed by atoms with Gasteiger partial charge in [0.2, 0.25) is 0 Å². The van der Waals surface area contributed by atoms with Crippen molar-refractivity contribution >= 4 is 0 Å². The molecule has 0 radical (unpaired) electrons. The number of aryl methyl sites for hydroxylation is 1. The normalized spacial score (nSPS) is 20.2. The van der Waals surface area contributed by atoms with Crippen LogP contribution in [0.15, 0.2) is 24.3 Å². The van der Waals surface area contributed by atoms with Crippen LogP contribution in [-0.2, 0) is 11.2 Å². The maximum Gasteiger partial charge on any atom is 0.0831 e. The molecule has 1 atom stereocenters. The van der Waals surface area contributed by atoms with Gasteiger partial charge in [-0.15, -0.1) is 0 Å². The molecule has 2 rings (SSSR count). The Hall–Kier alpha value is -0.860. The molecule has 1 unspecified atom stereocenters. The molecule has 1 aromatic carbocycles. The number of hydrogen-bond acceptors (Lipinski definition) is 2. The lowest BCUT2D eigenvalue weighted by Gasteiger charge is -2.11. The van der Waals surface area contributed by atoms with Gasteiger partial charge in [-0.25, -0.2) is 0 Å². The summed E-state index contributed by atoms with van der Waals surface area (Å²) in [4.78, 5) is 0. The SMILES string of the molecule is NCCOC1CCc2ccccc21. The number of benzene rings is 1. The lowest BCUT2D eigenvalue weighted by molar-refractivity contribution is 0.0597. The van der Waals surface area contributed by atoms with Crippen LogP contribution in [0.5, 0.6) is 0 Å². The van der Waals surface area contributed by atoms with Crippen molar-refractivity contribution in [3.63, 3.8) is 0 Å². The highest BCUT2D eigenvalue weighted by Gasteiger charge is 2.21. The zero-order valence-electron chi connectivity index (χ0n) is 7.70. The summed E-state index contributed by atoms with van der Waals surface area (Å²) < 4.78 is 5.65. The highest BCUT2D eigenvalue weighted by atomic mass is 16.5. The lowest BCUT2D eigenvalue weighted by atomic mass is 10.1. The van der Waals surface area contributed by atoms with E-state index in [2.05, 4.69) is 24.3 Å². The molecule has 0 fully saturated rings. The zero-order valence-corrected chi connectivity index (χ0v) is 7.70. The van der Waals surface area contributed by atoms with Crippen molar-refractivity contribution in [3.8, 4) is 0 Å². The maximum atomic E-state index is 5.65. The third-order valence-electron chi connectivity index (χ3n) is 2.51. The molecule has 13 heavy (non-hydrogen) atoms. The van der Waals surface area contributed by atoms with E-state index in [0.29, 0.717) is 19.3 Å². The summed E-state index contributed by atoms with van der Waals surface area (Å²) in [5.41, 5.74) is 8.19. The molecule has 2 nitrogen and oxygen atoms in total. The Labute approximate surface area is 78.7 Å². The summed E-state index contributed by atoms with van der Waals surface area (Å²) in [6.07, 6.45) is 2.55. The molecule has 0 saturated heterocycles. The molecule has 1 aromatic rings. The lowest BCUT2D eigenvalue weighted by Crippen LogP contribution is -2.11. The average Bonchev–Trinajstić information content (AvgIpc) is 2.58. The van der Waals surface area contributed by atoms with Crippen LogP contribution in [0.2, 0.25) is 0 Å². The molecular weight excluding hydrogens is 162 g/mol. The van der Waals surface area contributed by atoms with Gasteiger partial charge in [-0.3, -0.25) is 0 Å². The van der Waals surface area contributed by atoms with Crippen LogP contribution in [0.3, 0.4) is 0 Å². The Morgan fingerprint density at radius 2 is 2.23 bits per heavy atom. The van der Waals surface area contributed by atoms with Crippen molar-refractivity contribution in [2.45, 2.75) is 18.9 Å². The first-order valence-electron chi connectivity index (χ1n) is 4.81. The largest absolute Gasteiger partial charge is 0.372 e. The van der Waals surface area contributed by atoms with Crippen molar-refractivity contribution < 1.29 is 4.74 Å². The fourth-order valence-corrected chi connectivity index (χ4v) is 1.90. The Balaban J connectivity index is 2.09. The topological polar surface area (TPSA) is 35.2 Å². The number of ether oxygens (including phenoxy) is 1. The molecule has 0 heterocycles. The highest BCUT2D eigenvalue weighted by Crippen LogP contribution is 2.33. The van der Waals surface area contributed by atoms with Crippen LogP contribution in [-0.4, -0.2) is 13.2 Å². The third-order valence-corrected chi connectivity index (χ3v) is 2.51. The summed E-state index contributed by atoms with van der Waals surface area (Å²) in [5.74, 6) is 0. The Kier molecular flexibility index (Phi) is 2.62. The summed E-state index contributed by atoms with van der Waals surface area (Å²) >= 11 is 0. The third kappa shape index (κ3) is 1.74. The number of rotatable bonds is 3. The Bertz CT molecular complexity index is 285. The van der Waals surface area contributed by atoms with Crippen LogP contribution < -0.4 is 5.73 Å². The van der Waals surface area contributed by atoms with Gasteiger partial charge >= 0.3 is 0 Å². The average molecular weight is 177 g/mol. The second-order valence-electron chi connectivity index (χ2n) is 3.39. The van der Waals surface area contributed by atoms with Gasteiger partial charge in [-0.05, 0) is 24.0 Å².